The van der Waals surface area contributed by atoms with Crippen molar-refractivity contribution in [1.29, 1.82) is 0 Å². The molecule has 0 saturated heterocycles. The van der Waals surface area contributed by atoms with Crippen LogP contribution in [0.1, 0.15) is 0 Å². The van der Waals surface area contributed by atoms with Crippen LogP contribution in [0.3, 0.4) is 0 Å². The fourth-order valence-electron chi connectivity index (χ4n) is 5.64. The largest absolute Gasteiger partial charge is 0.206 e. The van der Waals surface area contributed by atoms with Gasteiger partial charge in [0.05, 0.1) is 5.56 Å². The molecule has 0 fully saturated rings. The van der Waals surface area contributed by atoms with E-state index >= 15 is 8.78 Å². The first-order chi connectivity index (χ1) is 18.7. The van der Waals surface area contributed by atoms with Crippen molar-refractivity contribution in [3.8, 4) is 33.4 Å². The minimum atomic E-state index is -0.562. The Balaban J connectivity index is 1.46. The molecule has 7 aromatic carbocycles. The molecular weight excluding hydrogens is 470 g/mol. The minimum absolute atomic E-state index is 0.0121. The smallest absolute Gasteiger partial charge is 0.134 e. The van der Waals surface area contributed by atoms with E-state index in [2.05, 4.69) is 66.7 Å². The van der Waals surface area contributed by atoms with Crippen LogP contribution < -0.4 is 0 Å². The van der Waals surface area contributed by atoms with Crippen LogP contribution in [0.2, 0.25) is 0 Å². The summed E-state index contributed by atoms with van der Waals surface area (Å²) in [4.78, 5) is 0. The molecule has 0 aliphatic heterocycles. The van der Waals surface area contributed by atoms with Crippen LogP contribution in [0.15, 0.2) is 133 Å². The Morgan fingerprint density at radius 3 is 1.39 bits per heavy atom. The van der Waals surface area contributed by atoms with E-state index in [1.807, 2.05) is 48.5 Å². The Hall–Kier alpha value is -4.82. The Morgan fingerprint density at radius 2 is 0.789 bits per heavy atom. The van der Waals surface area contributed by atoms with E-state index in [0.717, 1.165) is 43.8 Å². The van der Waals surface area contributed by atoms with Crippen LogP contribution in [0.25, 0.3) is 65.7 Å². The lowest BCUT2D eigenvalue weighted by atomic mass is 9.85. The van der Waals surface area contributed by atoms with Gasteiger partial charge in [-0.25, -0.2) is 8.78 Å². The van der Waals surface area contributed by atoms with Crippen molar-refractivity contribution < 1.29 is 8.78 Å². The number of fused-ring (bicyclic) bond motifs is 3. The van der Waals surface area contributed by atoms with Gasteiger partial charge in [0.2, 0.25) is 0 Å². The molecule has 0 amide bonds. The summed E-state index contributed by atoms with van der Waals surface area (Å²) >= 11 is 0. The second-order valence-corrected chi connectivity index (χ2v) is 9.58. The number of hydrogen-bond acceptors (Lipinski definition) is 0. The molecule has 180 valence electrons. The van der Waals surface area contributed by atoms with Gasteiger partial charge >= 0.3 is 0 Å². The molecule has 0 bridgehead atoms. The SMILES string of the molecule is Fc1cccc(F)c1-c1c2ccccc2c(-c2ccc(-c3ccc4ccccc4c3)cc2)c2ccccc12. The van der Waals surface area contributed by atoms with E-state index in [1.165, 1.54) is 29.0 Å². The summed E-state index contributed by atoms with van der Waals surface area (Å²) in [5.41, 5.74) is 5.01. The molecule has 0 saturated carbocycles. The molecule has 0 aliphatic carbocycles. The summed E-state index contributed by atoms with van der Waals surface area (Å²) in [5.74, 6) is -1.12. The van der Waals surface area contributed by atoms with Gasteiger partial charge in [-0.3, -0.25) is 0 Å². The third-order valence-electron chi connectivity index (χ3n) is 7.40. The number of hydrogen-bond donors (Lipinski definition) is 0. The van der Waals surface area contributed by atoms with Gasteiger partial charge in [-0.1, -0.05) is 115 Å². The molecule has 0 N–H and O–H groups in total. The summed E-state index contributed by atoms with van der Waals surface area (Å²) in [7, 11) is 0. The minimum Gasteiger partial charge on any atom is -0.206 e. The van der Waals surface area contributed by atoms with Crippen molar-refractivity contribution in [2.45, 2.75) is 0 Å². The maximum atomic E-state index is 15.1. The first kappa shape index (κ1) is 22.4. The van der Waals surface area contributed by atoms with Crippen LogP contribution in [-0.4, -0.2) is 0 Å². The van der Waals surface area contributed by atoms with Gasteiger partial charge in [-0.15, -0.1) is 0 Å². The quantitative estimate of drug-likeness (QED) is 0.215. The van der Waals surface area contributed by atoms with Gasteiger partial charge in [0, 0.05) is 5.56 Å². The predicted molar refractivity (Wildman–Crippen MR) is 155 cm³/mol. The van der Waals surface area contributed by atoms with Gasteiger partial charge in [0.25, 0.3) is 0 Å². The molecule has 38 heavy (non-hydrogen) atoms. The normalized spacial score (nSPS) is 11.4. The van der Waals surface area contributed by atoms with Crippen molar-refractivity contribution in [3.63, 3.8) is 0 Å². The van der Waals surface area contributed by atoms with Crippen molar-refractivity contribution in [1.82, 2.24) is 0 Å². The Kier molecular flexibility index (Phi) is 5.26. The van der Waals surface area contributed by atoms with Gasteiger partial charge in [-0.2, -0.15) is 0 Å². The Morgan fingerprint density at radius 1 is 0.316 bits per heavy atom. The maximum Gasteiger partial charge on any atom is 0.134 e. The average molecular weight is 493 g/mol. The summed E-state index contributed by atoms with van der Waals surface area (Å²) < 4.78 is 30.2. The molecule has 0 aromatic heterocycles. The lowest BCUT2D eigenvalue weighted by Crippen LogP contribution is -1.95. The summed E-state index contributed by atoms with van der Waals surface area (Å²) in [6, 6.07) is 43.3. The molecule has 7 rings (SSSR count). The fraction of sp³-hybridized carbons (Fsp3) is 0. The highest BCUT2D eigenvalue weighted by molar-refractivity contribution is 6.21. The zero-order valence-electron chi connectivity index (χ0n) is 20.5. The molecule has 0 radical (unpaired) electrons. The van der Waals surface area contributed by atoms with E-state index in [9.17, 15) is 0 Å². The van der Waals surface area contributed by atoms with E-state index in [1.54, 1.807) is 0 Å². The van der Waals surface area contributed by atoms with Crippen LogP contribution in [0.4, 0.5) is 8.78 Å². The first-order valence-corrected chi connectivity index (χ1v) is 12.7. The van der Waals surface area contributed by atoms with E-state index < -0.39 is 11.6 Å². The third kappa shape index (κ3) is 3.57. The molecule has 0 atom stereocenters. The number of halogens is 2. The highest BCUT2D eigenvalue weighted by atomic mass is 19.1. The maximum absolute atomic E-state index is 15.1. The van der Waals surface area contributed by atoms with Crippen LogP contribution in [0, 0.1) is 11.6 Å². The number of benzene rings is 7. The monoisotopic (exact) mass is 492 g/mol. The van der Waals surface area contributed by atoms with Crippen molar-refractivity contribution in [3.05, 3.63) is 145 Å². The summed E-state index contributed by atoms with van der Waals surface area (Å²) in [5, 5.41) is 6.00. The first-order valence-electron chi connectivity index (χ1n) is 12.7. The highest BCUT2D eigenvalue weighted by Gasteiger charge is 2.20. The average Bonchev–Trinajstić information content (AvgIpc) is 2.96. The highest BCUT2D eigenvalue weighted by Crippen LogP contribution is 2.45. The Labute approximate surface area is 219 Å². The topological polar surface area (TPSA) is 0 Å². The second-order valence-electron chi connectivity index (χ2n) is 9.58. The zero-order chi connectivity index (χ0) is 25.6. The van der Waals surface area contributed by atoms with Crippen LogP contribution in [0.5, 0.6) is 0 Å². The molecule has 0 aliphatic rings. The zero-order valence-corrected chi connectivity index (χ0v) is 20.5. The van der Waals surface area contributed by atoms with Gasteiger partial charge in [0.15, 0.2) is 0 Å². The molecule has 0 unspecified atom stereocenters. The molecule has 2 heteroatoms. The predicted octanol–water partition coefficient (Wildman–Crippen LogP) is 10.4. The fourth-order valence-corrected chi connectivity index (χ4v) is 5.64. The lowest BCUT2D eigenvalue weighted by molar-refractivity contribution is 0.590. The summed E-state index contributed by atoms with van der Waals surface area (Å²) in [6.07, 6.45) is 0. The molecule has 0 spiro atoms. The van der Waals surface area contributed by atoms with E-state index in [4.69, 9.17) is 0 Å². The van der Waals surface area contributed by atoms with Gasteiger partial charge in [-0.05, 0) is 72.8 Å². The van der Waals surface area contributed by atoms with Gasteiger partial charge in [0.1, 0.15) is 11.6 Å². The van der Waals surface area contributed by atoms with Gasteiger partial charge < -0.3 is 0 Å². The van der Waals surface area contributed by atoms with E-state index in [0.29, 0.717) is 5.56 Å². The lowest BCUT2D eigenvalue weighted by Gasteiger charge is -2.18. The molecule has 7 aromatic rings. The third-order valence-corrected chi connectivity index (χ3v) is 7.40. The number of rotatable bonds is 3. The second kappa shape index (κ2) is 8.93. The van der Waals surface area contributed by atoms with E-state index in [-0.39, 0.29) is 5.56 Å². The van der Waals surface area contributed by atoms with Crippen LogP contribution >= 0.6 is 0 Å². The van der Waals surface area contributed by atoms with Crippen LogP contribution in [-0.2, 0) is 0 Å². The Bertz CT molecular complexity index is 1910. The molecule has 0 nitrogen and oxygen atoms in total. The summed E-state index contributed by atoms with van der Waals surface area (Å²) in [6.45, 7) is 0. The molecule has 0 heterocycles. The standard InChI is InChI=1S/C36H22F2/c37-32-14-7-15-33(38)36(32)35-30-12-5-3-10-28(30)34(29-11-4-6-13-31(29)35)25-19-16-24(17-20-25)27-21-18-23-8-1-2-9-26(23)22-27/h1-22H. The van der Waals surface area contributed by atoms with Crippen molar-refractivity contribution >= 4 is 32.3 Å². The van der Waals surface area contributed by atoms with Crippen molar-refractivity contribution in [2.24, 2.45) is 0 Å². The van der Waals surface area contributed by atoms with Crippen molar-refractivity contribution in [2.75, 3.05) is 0 Å². The molecular formula is C36H22F2.